The van der Waals surface area contributed by atoms with Crippen molar-refractivity contribution in [2.24, 2.45) is 0 Å². The fourth-order valence-electron chi connectivity index (χ4n) is 4.09. The molecule has 0 spiro atoms. The van der Waals surface area contributed by atoms with Crippen molar-refractivity contribution in [3.05, 3.63) is 72.3 Å². The van der Waals surface area contributed by atoms with Crippen LogP contribution in [0.15, 0.2) is 60.9 Å². The van der Waals surface area contributed by atoms with Crippen molar-refractivity contribution in [3.63, 3.8) is 0 Å². The fourth-order valence-corrected chi connectivity index (χ4v) is 4.09. The summed E-state index contributed by atoms with van der Waals surface area (Å²) in [6, 6.07) is 14.0. The average molecular weight is 461 g/mol. The van der Waals surface area contributed by atoms with Crippen LogP contribution in [0, 0.1) is 5.82 Å². The molecule has 1 aliphatic heterocycles. The SMILES string of the molecule is COc1ccc(F)c(CN2CCOC(C(=O)Nc3ccc4[nH]nc(-c5ccncc5)c4c3)C2)c1. The van der Waals surface area contributed by atoms with Crippen molar-refractivity contribution in [1.29, 1.82) is 0 Å². The van der Waals surface area contributed by atoms with Gasteiger partial charge in [-0.1, -0.05) is 0 Å². The quantitative estimate of drug-likeness (QED) is 0.456. The summed E-state index contributed by atoms with van der Waals surface area (Å²) < 4.78 is 25.2. The molecule has 0 saturated carbocycles. The molecule has 2 N–H and O–H groups in total. The zero-order valence-electron chi connectivity index (χ0n) is 18.6. The zero-order valence-corrected chi connectivity index (χ0v) is 18.6. The van der Waals surface area contributed by atoms with E-state index in [1.165, 1.54) is 6.07 Å². The Morgan fingerprint density at radius 3 is 2.91 bits per heavy atom. The van der Waals surface area contributed by atoms with Crippen LogP contribution in [0.2, 0.25) is 0 Å². The number of hydrogen-bond acceptors (Lipinski definition) is 6. The highest BCUT2D eigenvalue weighted by Gasteiger charge is 2.27. The number of fused-ring (bicyclic) bond motifs is 1. The van der Waals surface area contributed by atoms with Crippen molar-refractivity contribution >= 4 is 22.5 Å². The molecule has 34 heavy (non-hydrogen) atoms. The molecule has 8 nitrogen and oxygen atoms in total. The molecule has 0 aliphatic carbocycles. The van der Waals surface area contributed by atoms with Gasteiger partial charge in [0.1, 0.15) is 23.4 Å². The molecular weight excluding hydrogens is 437 g/mol. The summed E-state index contributed by atoms with van der Waals surface area (Å²) in [4.78, 5) is 19.0. The van der Waals surface area contributed by atoms with Gasteiger partial charge in [0.05, 0.1) is 19.2 Å². The Kier molecular flexibility index (Phi) is 6.20. The van der Waals surface area contributed by atoms with E-state index in [1.807, 2.05) is 35.2 Å². The Balaban J connectivity index is 1.28. The Morgan fingerprint density at radius 1 is 1.24 bits per heavy atom. The minimum atomic E-state index is -0.665. The summed E-state index contributed by atoms with van der Waals surface area (Å²) in [5, 5.41) is 11.3. The van der Waals surface area contributed by atoms with E-state index in [1.54, 1.807) is 31.6 Å². The number of rotatable bonds is 6. The number of nitrogens with one attached hydrogen (secondary N) is 2. The van der Waals surface area contributed by atoms with Crippen LogP contribution in [0.5, 0.6) is 5.75 Å². The predicted molar refractivity (Wildman–Crippen MR) is 126 cm³/mol. The molecule has 0 bridgehead atoms. The lowest BCUT2D eigenvalue weighted by Crippen LogP contribution is -2.47. The molecule has 1 atom stereocenters. The lowest BCUT2D eigenvalue weighted by molar-refractivity contribution is -0.133. The average Bonchev–Trinajstić information content (AvgIpc) is 3.29. The number of hydrogen-bond donors (Lipinski definition) is 2. The minimum absolute atomic E-state index is 0.246. The number of carbonyl (C=O) groups is 1. The third-order valence-electron chi connectivity index (χ3n) is 5.87. The largest absolute Gasteiger partial charge is 0.497 e. The minimum Gasteiger partial charge on any atom is -0.497 e. The Hall–Kier alpha value is -3.82. The normalized spacial score (nSPS) is 16.5. The molecule has 1 saturated heterocycles. The topological polar surface area (TPSA) is 92.4 Å². The molecule has 2 aromatic heterocycles. The van der Waals surface area contributed by atoms with Crippen molar-refractivity contribution in [2.45, 2.75) is 12.6 Å². The molecule has 4 aromatic rings. The summed E-state index contributed by atoms with van der Waals surface area (Å²) in [5.74, 6) is 0.0514. The van der Waals surface area contributed by atoms with Crippen LogP contribution in [0.4, 0.5) is 10.1 Å². The second kappa shape index (κ2) is 9.58. The van der Waals surface area contributed by atoms with E-state index in [2.05, 4.69) is 20.5 Å². The van der Waals surface area contributed by atoms with E-state index in [9.17, 15) is 9.18 Å². The summed E-state index contributed by atoms with van der Waals surface area (Å²) in [5.41, 5.74) is 3.75. The number of H-pyrrole nitrogens is 1. The number of amides is 1. The highest BCUT2D eigenvalue weighted by molar-refractivity contribution is 5.99. The maximum atomic E-state index is 14.3. The molecule has 1 fully saturated rings. The Morgan fingerprint density at radius 2 is 2.09 bits per heavy atom. The molecule has 0 radical (unpaired) electrons. The number of methoxy groups -OCH3 is 1. The highest BCUT2D eigenvalue weighted by Crippen LogP contribution is 2.28. The van der Waals surface area contributed by atoms with E-state index >= 15 is 0 Å². The number of nitrogens with zero attached hydrogens (tertiary/aromatic N) is 3. The number of morpholine rings is 1. The van der Waals surface area contributed by atoms with E-state index in [0.29, 0.717) is 43.2 Å². The van der Waals surface area contributed by atoms with Gasteiger partial charge in [0.15, 0.2) is 0 Å². The van der Waals surface area contributed by atoms with Crippen LogP contribution >= 0.6 is 0 Å². The van der Waals surface area contributed by atoms with Crippen LogP contribution in [-0.4, -0.2) is 58.9 Å². The third-order valence-corrected chi connectivity index (χ3v) is 5.87. The third kappa shape index (κ3) is 4.61. The molecule has 174 valence electrons. The van der Waals surface area contributed by atoms with Gasteiger partial charge in [0.2, 0.25) is 0 Å². The Bertz CT molecular complexity index is 1310. The number of aromatic amines is 1. The predicted octanol–water partition coefficient (Wildman–Crippen LogP) is 3.61. The lowest BCUT2D eigenvalue weighted by Gasteiger charge is -2.32. The number of aromatic nitrogens is 3. The number of carbonyl (C=O) groups excluding carboxylic acids is 1. The zero-order chi connectivity index (χ0) is 23.5. The van der Waals surface area contributed by atoms with Crippen molar-refractivity contribution in [1.82, 2.24) is 20.1 Å². The van der Waals surface area contributed by atoms with Gasteiger partial charge >= 0.3 is 0 Å². The van der Waals surface area contributed by atoms with E-state index in [0.717, 1.165) is 22.2 Å². The van der Waals surface area contributed by atoms with Gasteiger partial charge in [0.25, 0.3) is 5.91 Å². The Labute approximate surface area is 195 Å². The van der Waals surface area contributed by atoms with E-state index in [4.69, 9.17) is 9.47 Å². The first-order chi connectivity index (χ1) is 16.6. The lowest BCUT2D eigenvalue weighted by atomic mass is 10.1. The first kappa shape index (κ1) is 22.0. The van der Waals surface area contributed by atoms with Gasteiger partial charge < -0.3 is 14.8 Å². The van der Waals surface area contributed by atoms with Crippen LogP contribution in [0.25, 0.3) is 22.2 Å². The second-order valence-corrected chi connectivity index (χ2v) is 8.11. The van der Waals surface area contributed by atoms with Gasteiger partial charge in [-0.2, -0.15) is 5.10 Å². The van der Waals surface area contributed by atoms with Crippen LogP contribution in [-0.2, 0) is 16.1 Å². The van der Waals surface area contributed by atoms with Crippen LogP contribution in [0.3, 0.4) is 0 Å². The van der Waals surface area contributed by atoms with Gasteiger partial charge in [-0.3, -0.25) is 19.8 Å². The summed E-state index contributed by atoms with van der Waals surface area (Å²) in [6.45, 7) is 1.72. The molecule has 5 rings (SSSR count). The van der Waals surface area contributed by atoms with Crippen molar-refractivity contribution < 1.29 is 18.7 Å². The first-order valence-electron chi connectivity index (χ1n) is 11.0. The second-order valence-electron chi connectivity index (χ2n) is 8.11. The van der Waals surface area contributed by atoms with Gasteiger partial charge in [-0.05, 0) is 48.5 Å². The van der Waals surface area contributed by atoms with Crippen LogP contribution < -0.4 is 10.1 Å². The first-order valence-corrected chi connectivity index (χ1v) is 11.0. The summed E-state index contributed by atoms with van der Waals surface area (Å²) in [7, 11) is 1.55. The highest BCUT2D eigenvalue weighted by atomic mass is 19.1. The smallest absolute Gasteiger partial charge is 0.254 e. The number of benzene rings is 2. The molecule has 9 heteroatoms. The molecule has 1 unspecified atom stereocenters. The van der Waals surface area contributed by atoms with Gasteiger partial charge in [-0.25, -0.2) is 4.39 Å². The molecule has 3 heterocycles. The van der Waals surface area contributed by atoms with Gasteiger partial charge in [-0.15, -0.1) is 0 Å². The standard InChI is InChI=1S/C25H24FN5O3/c1-33-19-3-4-21(26)17(12-19)14-31-10-11-34-23(15-31)25(32)28-18-2-5-22-20(13-18)24(30-29-22)16-6-8-27-9-7-16/h2-9,12-13,23H,10-11,14-15H2,1H3,(H,28,32)(H,29,30). The fraction of sp³-hybridized carbons (Fsp3) is 0.240. The maximum absolute atomic E-state index is 14.3. The summed E-state index contributed by atoms with van der Waals surface area (Å²) >= 11 is 0. The number of halogens is 1. The van der Waals surface area contributed by atoms with Crippen molar-refractivity contribution in [2.75, 3.05) is 32.1 Å². The number of ether oxygens (including phenoxy) is 2. The monoisotopic (exact) mass is 461 g/mol. The summed E-state index contributed by atoms with van der Waals surface area (Å²) in [6.07, 6.45) is 2.76. The number of pyridine rings is 1. The molecular formula is C25H24FN5O3. The van der Waals surface area contributed by atoms with Crippen molar-refractivity contribution in [3.8, 4) is 17.0 Å². The molecule has 1 amide bonds. The van der Waals surface area contributed by atoms with Gasteiger partial charge in [0, 0.05) is 54.2 Å². The molecule has 2 aromatic carbocycles. The maximum Gasteiger partial charge on any atom is 0.254 e. The van der Waals surface area contributed by atoms with E-state index < -0.39 is 6.10 Å². The van der Waals surface area contributed by atoms with E-state index in [-0.39, 0.29) is 11.7 Å². The number of anilines is 1. The van der Waals surface area contributed by atoms with Crippen LogP contribution in [0.1, 0.15) is 5.56 Å². The molecule has 1 aliphatic rings.